The lowest BCUT2D eigenvalue weighted by molar-refractivity contribution is -0.0394. The van der Waals surface area contributed by atoms with E-state index < -0.39 is 6.10 Å². The Morgan fingerprint density at radius 2 is 2.15 bits per heavy atom. The van der Waals surface area contributed by atoms with Crippen molar-refractivity contribution in [1.29, 1.82) is 0 Å². The SMILES string of the molecule is Cc1c(NCc2cccnc2)cccc1C(=O)N1C[C@H](OC(C)C)[C@@H](O)C1. The number of carbonyl (C=O) groups excluding carboxylic acids is 1. The summed E-state index contributed by atoms with van der Waals surface area (Å²) < 4.78 is 5.72. The topological polar surface area (TPSA) is 74.7 Å². The van der Waals surface area contributed by atoms with Crippen molar-refractivity contribution < 1.29 is 14.6 Å². The summed E-state index contributed by atoms with van der Waals surface area (Å²) in [6.07, 6.45) is 2.60. The van der Waals surface area contributed by atoms with Crippen LogP contribution in [-0.4, -0.2) is 52.3 Å². The van der Waals surface area contributed by atoms with Crippen LogP contribution in [0, 0.1) is 6.92 Å². The molecule has 1 aliphatic rings. The molecule has 6 nitrogen and oxygen atoms in total. The Morgan fingerprint density at radius 3 is 2.85 bits per heavy atom. The van der Waals surface area contributed by atoms with E-state index in [1.807, 2.05) is 57.3 Å². The first-order valence-corrected chi connectivity index (χ1v) is 9.31. The first kappa shape index (κ1) is 19.3. The van der Waals surface area contributed by atoms with E-state index >= 15 is 0 Å². The number of benzene rings is 1. The molecular weight excluding hydrogens is 342 g/mol. The summed E-state index contributed by atoms with van der Waals surface area (Å²) in [6, 6.07) is 9.57. The quantitative estimate of drug-likeness (QED) is 0.819. The molecule has 0 saturated carbocycles. The monoisotopic (exact) mass is 369 g/mol. The highest BCUT2D eigenvalue weighted by Crippen LogP contribution is 2.24. The van der Waals surface area contributed by atoms with E-state index in [2.05, 4.69) is 10.3 Å². The first-order valence-electron chi connectivity index (χ1n) is 9.31. The number of aliphatic hydroxyl groups is 1. The van der Waals surface area contributed by atoms with Crippen LogP contribution in [0.1, 0.15) is 35.3 Å². The van der Waals surface area contributed by atoms with Gasteiger partial charge >= 0.3 is 0 Å². The van der Waals surface area contributed by atoms with Gasteiger partial charge in [-0.2, -0.15) is 0 Å². The fourth-order valence-electron chi connectivity index (χ4n) is 3.34. The highest BCUT2D eigenvalue weighted by Gasteiger charge is 2.36. The maximum absolute atomic E-state index is 13.0. The molecule has 6 heteroatoms. The molecule has 1 aliphatic heterocycles. The van der Waals surface area contributed by atoms with Gasteiger partial charge in [0.05, 0.1) is 12.2 Å². The summed E-state index contributed by atoms with van der Waals surface area (Å²) in [6.45, 7) is 7.14. The molecule has 27 heavy (non-hydrogen) atoms. The second-order valence-electron chi connectivity index (χ2n) is 7.19. The second kappa shape index (κ2) is 8.50. The summed E-state index contributed by atoms with van der Waals surface area (Å²) in [5.74, 6) is -0.0774. The number of hydrogen-bond acceptors (Lipinski definition) is 5. The van der Waals surface area contributed by atoms with E-state index in [0.29, 0.717) is 25.2 Å². The molecule has 1 aromatic carbocycles. The molecule has 1 fully saturated rings. The van der Waals surface area contributed by atoms with E-state index in [0.717, 1.165) is 16.8 Å². The minimum atomic E-state index is -0.649. The van der Waals surface area contributed by atoms with Gasteiger partial charge < -0.3 is 20.1 Å². The van der Waals surface area contributed by atoms with Crippen LogP contribution in [0.15, 0.2) is 42.7 Å². The standard InChI is InChI=1S/C21H27N3O3/c1-14(2)27-20-13-24(12-19(20)25)21(26)17-7-4-8-18(15(17)3)23-11-16-6-5-9-22-10-16/h4-10,14,19-20,23,25H,11-13H2,1-3H3/t19-,20-/m0/s1. The van der Waals surface area contributed by atoms with Crippen LogP contribution in [0.25, 0.3) is 0 Å². The summed E-state index contributed by atoms with van der Waals surface area (Å²) in [7, 11) is 0. The molecular formula is C21H27N3O3. The molecule has 0 radical (unpaired) electrons. The molecule has 3 rings (SSSR count). The van der Waals surface area contributed by atoms with Gasteiger partial charge in [0.2, 0.25) is 0 Å². The van der Waals surface area contributed by atoms with Gasteiger partial charge in [-0.15, -0.1) is 0 Å². The predicted molar refractivity (Wildman–Crippen MR) is 105 cm³/mol. The van der Waals surface area contributed by atoms with Crippen molar-refractivity contribution >= 4 is 11.6 Å². The second-order valence-corrected chi connectivity index (χ2v) is 7.19. The number of ether oxygens (including phenoxy) is 1. The number of amides is 1. The van der Waals surface area contributed by atoms with E-state index in [9.17, 15) is 9.90 Å². The van der Waals surface area contributed by atoms with Crippen LogP contribution in [0.3, 0.4) is 0 Å². The zero-order chi connectivity index (χ0) is 19.4. The molecule has 1 amide bonds. The summed E-state index contributed by atoms with van der Waals surface area (Å²) in [5.41, 5.74) is 3.53. The highest BCUT2D eigenvalue weighted by molar-refractivity contribution is 5.97. The van der Waals surface area contributed by atoms with Gasteiger partial charge in [0.15, 0.2) is 0 Å². The molecule has 2 heterocycles. The molecule has 0 bridgehead atoms. The average Bonchev–Trinajstić information content (AvgIpc) is 3.01. The Bertz CT molecular complexity index is 779. The molecule has 0 aliphatic carbocycles. The van der Waals surface area contributed by atoms with E-state index in [1.54, 1.807) is 11.1 Å². The van der Waals surface area contributed by atoms with Crippen molar-refractivity contribution in [1.82, 2.24) is 9.88 Å². The van der Waals surface area contributed by atoms with Crippen LogP contribution in [0.5, 0.6) is 0 Å². The maximum atomic E-state index is 13.0. The fraction of sp³-hybridized carbons (Fsp3) is 0.429. The highest BCUT2D eigenvalue weighted by atomic mass is 16.5. The third-order valence-electron chi connectivity index (χ3n) is 4.74. The van der Waals surface area contributed by atoms with Crippen molar-refractivity contribution in [3.05, 3.63) is 59.4 Å². The summed E-state index contributed by atoms with van der Waals surface area (Å²) >= 11 is 0. The van der Waals surface area contributed by atoms with Crippen LogP contribution in [-0.2, 0) is 11.3 Å². The lowest BCUT2D eigenvalue weighted by atomic mass is 10.1. The number of β-amino-alcohol motifs (C(OH)–C–C–N with tert-alkyl or cyclic N) is 1. The molecule has 2 atom stereocenters. The molecule has 2 aromatic rings. The summed E-state index contributed by atoms with van der Waals surface area (Å²) in [4.78, 5) is 18.8. The van der Waals surface area contributed by atoms with Crippen LogP contribution in [0.2, 0.25) is 0 Å². The number of carbonyl (C=O) groups is 1. The first-order chi connectivity index (χ1) is 13.0. The minimum absolute atomic E-state index is 0.0152. The van der Waals surface area contributed by atoms with Crippen LogP contribution in [0.4, 0.5) is 5.69 Å². The van der Waals surface area contributed by atoms with Crippen molar-refractivity contribution in [3.63, 3.8) is 0 Å². The number of rotatable bonds is 6. The molecule has 2 N–H and O–H groups in total. The maximum Gasteiger partial charge on any atom is 0.254 e. The van der Waals surface area contributed by atoms with Crippen LogP contribution >= 0.6 is 0 Å². The Morgan fingerprint density at radius 1 is 1.33 bits per heavy atom. The number of nitrogens with one attached hydrogen (secondary N) is 1. The van der Waals surface area contributed by atoms with E-state index in [4.69, 9.17) is 4.74 Å². The zero-order valence-corrected chi connectivity index (χ0v) is 16.1. The van der Waals surface area contributed by atoms with Crippen molar-refractivity contribution in [2.24, 2.45) is 0 Å². The molecule has 1 aromatic heterocycles. The Labute approximate surface area is 160 Å². The smallest absolute Gasteiger partial charge is 0.254 e. The van der Waals surface area contributed by atoms with Gasteiger partial charge in [-0.3, -0.25) is 9.78 Å². The minimum Gasteiger partial charge on any atom is -0.388 e. The van der Waals surface area contributed by atoms with E-state index in [1.165, 1.54) is 0 Å². The number of pyridine rings is 1. The Kier molecular flexibility index (Phi) is 6.08. The Hall–Kier alpha value is -2.44. The van der Waals surface area contributed by atoms with Gasteiger partial charge in [-0.05, 0) is 50.1 Å². The normalized spacial score (nSPS) is 19.5. The lowest BCUT2D eigenvalue weighted by Gasteiger charge is -2.20. The zero-order valence-electron chi connectivity index (χ0n) is 16.1. The average molecular weight is 369 g/mol. The van der Waals surface area contributed by atoms with Gasteiger partial charge in [0.1, 0.15) is 6.10 Å². The van der Waals surface area contributed by atoms with Crippen molar-refractivity contribution in [2.75, 3.05) is 18.4 Å². The van der Waals surface area contributed by atoms with Crippen LogP contribution < -0.4 is 5.32 Å². The van der Waals surface area contributed by atoms with Crippen molar-refractivity contribution in [2.45, 2.75) is 45.6 Å². The number of aromatic nitrogens is 1. The molecule has 144 valence electrons. The largest absolute Gasteiger partial charge is 0.388 e. The molecule has 0 spiro atoms. The predicted octanol–water partition coefficient (Wildman–Crippen LogP) is 2.61. The number of nitrogens with zero attached hydrogens (tertiary/aromatic N) is 2. The third-order valence-corrected chi connectivity index (χ3v) is 4.74. The Balaban J connectivity index is 1.70. The van der Waals surface area contributed by atoms with Gasteiger partial charge in [0, 0.05) is 43.3 Å². The number of hydrogen-bond donors (Lipinski definition) is 2. The summed E-state index contributed by atoms with van der Waals surface area (Å²) in [5, 5.41) is 13.6. The fourth-order valence-corrected chi connectivity index (χ4v) is 3.34. The van der Waals surface area contributed by atoms with Gasteiger partial charge in [0.25, 0.3) is 5.91 Å². The lowest BCUT2D eigenvalue weighted by Crippen LogP contribution is -2.31. The molecule has 0 unspecified atom stereocenters. The number of aliphatic hydroxyl groups excluding tert-OH is 1. The third kappa shape index (κ3) is 4.64. The van der Waals surface area contributed by atoms with Gasteiger partial charge in [-0.1, -0.05) is 12.1 Å². The van der Waals surface area contributed by atoms with Crippen molar-refractivity contribution in [3.8, 4) is 0 Å². The van der Waals surface area contributed by atoms with Gasteiger partial charge in [-0.25, -0.2) is 0 Å². The number of anilines is 1. The molecule has 1 saturated heterocycles. The number of likely N-dealkylation sites (tertiary alicyclic amines) is 1. The van der Waals surface area contributed by atoms with E-state index in [-0.39, 0.29) is 18.1 Å².